The van der Waals surface area contributed by atoms with Crippen LogP contribution in [0.3, 0.4) is 0 Å². The highest BCUT2D eigenvalue weighted by Gasteiger charge is 2.46. The summed E-state index contributed by atoms with van der Waals surface area (Å²) >= 11 is 0. The van der Waals surface area contributed by atoms with Gasteiger partial charge in [-0.05, 0) is 126 Å². The van der Waals surface area contributed by atoms with Gasteiger partial charge in [-0.2, -0.15) is 0 Å². The number of nitrogens with one attached hydrogen (secondary N) is 2. The van der Waals surface area contributed by atoms with Crippen LogP contribution >= 0.6 is 0 Å². The topological polar surface area (TPSA) is 187 Å². The second-order valence-electron chi connectivity index (χ2n) is 22.8. The van der Waals surface area contributed by atoms with Gasteiger partial charge in [-0.25, -0.2) is 5.84 Å². The van der Waals surface area contributed by atoms with Crippen molar-refractivity contribution in [3.63, 3.8) is 0 Å². The molecule has 2 atom stereocenters. The maximum absolute atomic E-state index is 15.4. The minimum atomic E-state index is -1.05. The molecule has 394 valence electrons. The molecular weight excluding hydrogens is 951 g/mol. The summed E-state index contributed by atoms with van der Waals surface area (Å²) in [4.78, 5) is 67.4. The number of benzene rings is 5. The van der Waals surface area contributed by atoms with Crippen molar-refractivity contribution < 1.29 is 42.9 Å². The smallest absolute Gasteiger partial charge is 0.261 e. The van der Waals surface area contributed by atoms with Gasteiger partial charge >= 0.3 is 0 Å². The van der Waals surface area contributed by atoms with Gasteiger partial charge in [0.1, 0.15) is 13.2 Å². The Bertz CT molecular complexity index is 3100. The summed E-state index contributed by atoms with van der Waals surface area (Å²) in [6.45, 7) is 17.6. The fraction of sp³-hybridized carbons (Fsp3) is 0.407. The van der Waals surface area contributed by atoms with Gasteiger partial charge in [-0.1, -0.05) is 50.2 Å². The molecule has 16 nitrogen and oxygen atoms in total. The molecule has 4 heterocycles. The number of aliphatic imine (C=N–C) groups is 1. The van der Waals surface area contributed by atoms with Gasteiger partial charge < -0.3 is 38.8 Å². The molecule has 0 fully saturated rings. The van der Waals surface area contributed by atoms with Gasteiger partial charge in [0.05, 0.1) is 66.4 Å². The van der Waals surface area contributed by atoms with Crippen molar-refractivity contribution in [1.82, 2.24) is 5.43 Å². The summed E-state index contributed by atoms with van der Waals surface area (Å²) < 4.78 is 31.3. The average molecular weight is 1020 g/mol. The number of carbonyl (C=O) groups is 4. The van der Waals surface area contributed by atoms with Crippen LogP contribution in [0.2, 0.25) is 0 Å². The first kappa shape index (κ1) is 52.4. The van der Waals surface area contributed by atoms with Crippen molar-refractivity contribution in [3.8, 4) is 23.0 Å². The van der Waals surface area contributed by atoms with Crippen LogP contribution in [0.5, 0.6) is 23.0 Å². The Hall–Kier alpha value is -7.43. The largest absolute Gasteiger partial charge is 0.493 e. The van der Waals surface area contributed by atoms with Gasteiger partial charge in [-0.15, -0.1) is 0 Å². The van der Waals surface area contributed by atoms with E-state index in [-0.39, 0.29) is 62.0 Å². The molecular formula is C59H69N7O9. The number of carbonyl (C=O) groups excluding carboxylic acids is 4. The monoisotopic (exact) mass is 1020 g/mol. The van der Waals surface area contributed by atoms with E-state index in [0.717, 1.165) is 28.9 Å². The quantitative estimate of drug-likeness (QED) is 0.0486. The van der Waals surface area contributed by atoms with Crippen LogP contribution < -0.4 is 50.2 Å². The van der Waals surface area contributed by atoms with Gasteiger partial charge in [0, 0.05) is 59.3 Å². The number of fused-ring (bicyclic) bond motifs is 8. The number of hydrogen-bond donors (Lipinski definition) is 3. The molecule has 5 aromatic carbocycles. The molecule has 0 saturated carbocycles. The first-order valence-corrected chi connectivity index (χ1v) is 25.5. The molecule has 75 heavy (non-hydrogen) atoms. The SMILES string of the molecule is COc1cc2c(cc1OCc1cc(COc3cc4c(cc3OC)C(=O)N3c5ccccc5C[C@H]3CN4)cc(N(C(=O)C(C)(C)COC(C)(C)C)C(C)(C)CC(C)(C)C(=O)NN)c1)N=C[C@@H]1Cc3ccccc3N1C2=O. The van der Waals surface area contributed by atoms with Gasteiger partial charge in [0.2, 0.25) is 11.8 Å². The Morgan fingerprint density at radius 3 is 1.91 bits per heavy atom. The lowest BCUT2D eigenvalue weighted by molar-refractivity contribution is -0.136. The fourth-order valence-corrected chi connectivity index (χ4v) is 10.9. The first-order valence-electron chi connectivity index (χ1n) is 25.5. The normalized spacial score (nSPS) is 16.8. The average Bonchev–Trinajstić information content (AvgIpc) is 3.86. The molecule has 0 unspecified atom stereocenters. The zero-order valence-corrected chi connectivity index (χ0v) is 44.9. The predicted octanol–water partition coefficient (Wildman–Crippen LogP) is 9.51. The molecule has 4 N–H and O–H groups in total. The van der Waals surface area contributed by atoms with Gasteiger partial charge in [-0.3, -0.25) is 34.5 Å². The highest BCUT2D eigenvalue weighted by Crippen LogP contribution is 2.44. The van der Waals surface area contributed by atoms with E-state index in [9.17, 15) is 14.4 Å². The Labute approximate surface area is 439 Å². The number of nitrogens with zero attached hydrogens (tertiary/aromatic N) is 4. The highest BCUT2D eigenvalue weighted by molar-refractivity contribution is 6.15. The number of anilines is 4. The van der Waals surface area contributed by atoms with Crippen LogP contribution in [0.25, 0.3) is 0 Å². The van der Waals surface area contributed by atoms with Crippen molar-refractivity contribution in [1.29, 1.82) is 0 Å². The van der Waals surface area contributed by atoms with Crippen LogP contribution in [0.1, 0.15) is 112 Å². The number of rotatable bonds is 16. The molecule has 4 aliphatic heterocycles. The van der Waals surface area contributed by atoms with Crippen molar-refractivity contribution in [2.24, 2.45) is 21.7 Å². The molecule has 0 spiro atoms. The number of methoxy groups -OCH3 is 2. The number of hydrogen-bond acceptors (Lipinski definition) is 12. The standard InChI is InChI=1S/C59H69N7O9/c1-56(2,3)75-34-58(6,7)55(70)66(59(8,9)33-57(4,5)54(69)63-60)39-21-35(31-73-50-27-44-42(25-48(50)71-10)52(67)64-40(29-61-44)23-37-16-12-14-18-46(37)64)20-36(22-39)32-74-51-28-45-43(26-49(51)72-11)53(68)65-41(30-62-45)24-38-17-13-15-19-47(38)65/h12-22,25-29,40-41,62H,23-24,30-34,60H2,1-11H3,(H,63,69)/t40-,41-/m0/s1. The van der Waals surface area contributed by atoms with E-state index in [4.69, 9.17) is 34.5 Å². The maximum Gasteiger partial charge on any atom is 0.261 e. The Kier molecular flexibility index (Phi) is 14.0. The molecule has 5 aromatic rings. The predicted molar refractivity (Wildman–Crippen MR) is 291 cm³/mol. The molecule has 0 saturated heterocycles. The summed E-state index contributed by atoms with van der Waals surface area (Å²) in [6, 6.07) is 28.2. The molecule has 0 aliphatic carbocycles. The molecule has 4 amide bonds. The van der Waals surface area contributed by atoms with E-state index in [1.807, 2.05) is 120 Å². The van der Waals surface area contributed by atoms with E-state index in [1.54, 1.807) is 47.9 Å². The fourth-order valence-electron chi connectivity index (χ4n) is 10.9. The lowest BCUT2D eigenvalue weighted by atomic mass is 9.77. The zero-order valence-electron chi connectivity index (χ0n) is 44.9. The lowest BCUT2D eigenvalue weighted by Gasteiger charge is -2.46. The van der Waals surface area contributed by atoms with Crippen LogP contribution in [0, 0.1) is 10.8 Å². The summed E-state index contributed by atoms with van der Waals surface area (Å²) in [7, 11) is 3.06. The third kappa shape index (κ3) is 10.4. The second kappa shape index (κ2) is 20.0. The molecule has 0 bridgehead atoms. The van der Waals surface area contributed by atoms with E-state index >= 15 is 4.79 Å². The highest BCUT2D eigenvalue weighted by atomic mass is 16.5. The van der Waals surface area contributed by atoms with E-state index in [2.05, 4.69) is 16.8 Å². The lowest BCUT2D eigenvalue weighted by Crippen LogP contribution is -2.57. The minimum absolute atomic E-state index is 0.00586. The third-order valence-electron chi connectivity index (χ3n) is 14.4. The Morgan fingerprint density at radius 2 is 1.29 bits per heavy atom. The molecule has 16 heteroatoms. The van der Waals surface area contributed by atoms with E-state index in [1.165, 1.54) is 14.2 Å². The van der Waals surface area contributed by atoms with Crippen LogP contribution in [-0.4, -0.2) is 80.4 Å². The number of para-hydroxylation sites is 2. The van der Waals surface area contributed by atoms with Crippen molar-refractivity contribution in [3.05, 3.63) is 124 Å². The van der Waals surface area contributed by atoms with E-state index in [0.29, 0.717) is 75.3 Å². The number of nitrogens with two attached hydrogens (primary N) is 1. The van der Waals surface area contributed by atoms with Gasteiger partial charge in [0.25, 0.3) is 11.8 Å². The summed E-state index contributed by atoms with van der Waals surface area (Å²) in [5, 5.41) is 3.51. The number of amides is 4. The second-order valence-corrected chi connectivity index (χ2v) is 22.8. The minimum Gasteiger partial charge on any atom is -0.493 e. The number of ether oxygens (including phenoxy) is 5. The number of hydrazine groups is 1. The van der Waals surface area contributed by atoms with Crippen molar-refractivity contribution in [2.75, 3.05) is 47.4 Å². The van der Waals surface area contributed by atoms with Crippen molar-refractivity contribution >= 4 is 58.3 Å². The summed E-state index contributed by atoms with van der Waals surface area (Å²) in [5.41, 5.74) is 6.48. The molecule has 0 aromatic heterocycles. The molecule has 9 rings (SSSR count). The van der Waals surface area contributed by atoms with Gasteiger partial charge in [0.15, 0.2) is 23.0 Å². The van der Waals surface area contributed by atoms with Crippen molar-refractivity contribution in [2.45, 2.75) is 118 Å². The van der Waals surface area contributed by atoms with Crippen LogP contribution in [-0.2, 0) is 40.4 Å². The van der Waals surface area contributed by atoms with Crippen LogP contribution in [0.15, 0.2) is 96.0 Å². The maximum atomic E-state index is 15.4. The summed E-state index contributed by atoms with van der Waals surface area (Å²) in [6.07, 6.45) is 3.42. The first-order chi connectivity index (χ1) is 35.5. The zero-order chi connectivity index (χ0) is 53.8. The molecule has 4 aliphatic rings. The van der Waals surface area contributed by atoms with E-state index < -0.39 is 22.0 Å². The Morgan fingerprint density at radius 1 is 0.720 bits per heavy atom. The summed E-state index contributed by atoms with van der Waals surface area (Å²) in [5.74, 6) is 6.25. The Balaban J connectivity index is 1.09. The van der Waals surface area contributed by atoms with Crippen LogP contribution in [0.4, 0.5) is 28.4 Å². The molecule has 0 radical (unpaired) electrons. The third-order valence-corrected chi connectivity index (χ3v) is 14.4.